The van der Waals surface area contributed by atoms with Crippen LogP contribution >= 0.6 is 27.7 Å². The molecule has 2 aromatic rings. The van der Waals surface area contributed by atoms with Crippen LogP contribution in [-0.2, 0) is 5.75 Å². The number of nitrogens with one attached hydrogen (secondary N) is 1. The van der Waals surface area contributed by atoms with Gasteiger partial charge >= 0.3 is 0 Å². The first kappa shape index (κ1) is 13.2. The van der Waals surface area contributed by atoms with Gasteiger partial charge < -0.3 is 5.73 Å². The van der Waals surface area contributed by atoms with Gasteiger partial charge in [0.25, 0.3) is 0 Å². The van der Waals surface area contributed by atoms with Crippen LogP contribution in [0.25, 0.3) is 0 Å². The van der Waals surface area contributed by atoms with E-state index in [4.69, 9.17) is 11.1 Å². The summed E-state index contributed by atoms with van der Waals surface area (Å²) in [5, 5.41) is 7.58. The van der Waals surface area contributed by atoms with E-state index in [1.165, 1.54) is 5.56 Å². The quantitative estimate of drug-likeness (QED) is 0.507. The predicted molar refractivity (Wildman–Crippen MR) is 81.2 cm³/mol. The molecule has 4 heteroatoms. The summed E-state index contributed by atoms with van der Waals surface area (Å²) < 4.78 is 1.00. The Morgan fingerprint density at radius 3 is 2.56 bits per heavy atom. The van der Waals surface area contributed by atoms with Crippen LogP contribution in [-0.4, -0.2) is 5.84 Å². The van der Waals surface area contributed by atoms with Crippen molar-refractivity contribution in [2.24, 2.45) is 5.73 Å². The monoisotopic (exact) mass is 320 g/mol. The SMILES string of the molecule is N=C(N)c1ccc(Br)cc1SCc1ccccc1. The Kier molecular flexibility index (Phi) is 4.44. The Labute approximate surface area is 119 Å². The van der Waals surface area contributed by atoms with Crippen molar-refractivity contribution in [3.05, 3.63) is 64.1 Å². The highest BCUT2D eigenvalue weighted by Gasteiger charge is 2.07. The lowest BCUT2D eigenvalue weighted by Crippen LogP contribution is -2.12. The standard InChI is InChI=1S/C14H13BrN2S/c15-11-6-7-12(14(16)17)13(8-11)18-9-10-4-2-1-3-5-10/h1-8H,9H2,(H3,16,17). The first-order valence-electron chi connectivity index (χ1n) is 5.47. The summed E-state index contributed by atoms with van der Waals surface area (Å²) in [6.45, 7) is 0. The highest BCUT2D eigenvalue weighted by atomic mass is 79.9. The van der Waals surface area contributed by atoms with Crippen molar-refractivity contribution in [3.8, 4) is 0 Å². The molecule has 3 N–H and O–H groups in total. The van der Waals surface area contributed by atoms with E-state index >= 15 is 0 Å². The van der Waals surface area contributed by atoms with Gasteiger partial charge in [0.15, 0.2) is 0 Å². The molecule has 0 saturated heterocycles. The maximum Gasteiger partial charge on any atom is 0.123 e. The van der Waals surface area contributed by atoms with E-state index in [0.29, 0.717) is 0 Å². The zero-order valence-electron chi connectivity index (χ0n) is 9.69. The highest BCUT2D eigenvalue weighted by molar-refractivity contribution is 9.10. The lowest BCUT2D eigenvalue weighted by molar-refractivity contribution is 1.31. The van der Waals surface area contributed by atoms with Crippen LogP contribution < -0.4 is 5.73 Å². The van der Waals surface area contributed by atoms with Gasteiger partial charge in [-0.15, -0.1) is 11.8 Å². The summed E-state index contributed by atoms with van der Waals surface area (Å²) in [5.41, 5.74) is 7.64. The molecule has 0 atom stereocenters. The molecule has 0 saturated carbocycles. The number of nitrogens with two attached hydrogens (primary N) is 1. The third-order valence-electron chi connectivity index (χ3n) is 2.47. The summed E-state index contributed by atoms with van der Waals surface area (Å²) in [7, 11) is 0. The van der Waals surface area contributed by atoms with E-state index in [2.05, 4.69) is 28.1 Å². The van der Waals surface area contributed by atoms with E-state index in [9.17, 15) is 0 Å². The highest BCUT2D eigenvalue weighted by Crippen LogP contribution is 2.28. The molecule has 0 aliphatic heterocycles. The topological polar surface area (TPSA) is 49.9 Å². The van der Waals surface area contributed by atoms with Gasteiger partial charge in [-0.2, -0.15) is 0 Å². The van der Waals surface area contributed by atoms with Crippen molar-refractivity contribution in [2.75, 3.05) is 0 Å². The second-order valence-corrected chi connectivity index (χ2v) is 5.76. The first-order chi connectivity index (χ1) is 8.66. The van der Waals surface area contributed by atoms with Gasteiger partial charge in [0.1, 0.15) is 5.84 Å². The minimum absolute atomic E-state index is 0.109. The third-order valence-corrected chi connectivity index (χ3v) is 4.09. The average Bonchev–Trinajstić information content (AvgIpc) is 2.37. The summed E-state index contributed by atoms with van der Waals surface area (Å²) in [5.74, 6) is 0.982. The molecule has 0 aliphatic carbocycles. The second kappa shape index (κ2) is 6.07. The lowest BCUT2D eigenvalue weighted by atomic mass is 10.2. The maximum atomic E-state index is 7.58. The fraction of sp³-hybridized carbons (Fsp3) is 0.0714. The van der Waals surface area contributed by atoms with Gasteiger partial charge in [0, 0.05) is 20.7 Å². The van der Waals surface area contributed by atoms with Crippen LogP contribution in [0.3, 0.4) is 0 Å². The van der Waals surface area contributed by atoms with E-state index in [-0.39, 0.29) is 5.84 Å². The summed E-state index contributed by atoms with van der Waals surface area (Å²) in [4.78, 5) is 1.03. The van der Waals surface area contributed by atoms with Gasteiger partial charge in [0.2, 0.25) is 0 Å². The van der Waals surface area contributed by atoms with E-state index in [1.807, 2.05) is 36.4 Å². The molecule has 0 aromatic heterocycles. The second-order valence-electron chi connectivity index (χ2n) is 3.83. The van der Waals surface area contributed by atoms with Crippen molar-refractivity contribution in [2.45, 2.75) is 10.6 Å². The Morgan fingerprint density at radius 1 is 1.17 bits per heavy atom. The Hall–Kier alpha value is -1.26. The molecule has 0 aliphatic rings. The number of hydrogen-bond acceptors (Lipinski definition) is 2. The average molecular weight is 321 g/mol. The fourth-order valence-corrected chi connectivity index (χ4v) is 3.14. The minimum atomic E-state index is 0.109. The Morgan fingerprint density at radius 2 is 1.89 bits per heavy atom. The van der Waals surface area contributed by atoms with Gasteiger partial charge in [-0.25, -0.2) is 0 Å². The van der Waals surface area contributed by atoms with Crippen molar-refractivity contribution in [1.82, 2.24) is 0 Å². The number of rotatable bonds is 4. The maximum absolute atomic E-state index is 7.58. The van der Waals surface area contributed by atoms with Crippen LogP contribution in [0.15, 0.2) is 57.9 Å². The predicted octanol–water partition coefficient (Wildman–Crippen LogP) is 4.03. The molecule has 2 nitrogen and oxygen atoms in total. The fourth-order valence-electron chi connectivity index (χ4n) is 1.57. The Bertz CT molecular complexity index is 555. The smallest absolute Gasteiger partial charge is 0.123 e. The Balaban J connectivity index is 2.18. The number of thioether (sulfide) groups is 1. The summed E-state index contributed by atoms with van der Waals surface area (Å²) in [6, 6.07) is 16.0. The zero-order chi connectivity index (χ0) is 13.0. The normalized spacial score (nSPS) is 10.3. The van der Waals surface area contributed by atoms with E-state index in [0.717, 1.165) is 20.7 Å². The first-order valence-corrected chi connectivity index (χ1v) is 7.25. The number of halogens is 1. The van der Waals surface area contributed by atoms with Crippen molar-refractivity contribution < 1.29 is 0 Å². The third kappa shape index (κ3) is 3.37. The van der Waals surface area contributed by atoms with Crippen LogP contribution in [0.1, 0.15) is 11.1 Å². The molecule has 0 heterocycles. The van der Waals surface area contributed by atoms with Gasteiger partial charge in [-0.1, -0.05) is 46.3 Å². The van der Waals surface area contributed by atoms with Gasteiger partial charge in [-0.3, -0.25) is 5.41 Å². The largest absolute Gasteiger partial charge is 0.384 e. The molecule has 2 aromatic carbocycles. The molecular formula is C14H13BrN2S. The number of benzene rings is 2. The van der Waals surface area contributed by atoms with E-state index in [1.54, 1.807) is 11.8 Å². The van der Waals surface area contributed by atoms with Crippen LogP contribution in [0, 0.1) is 5.41 Å². The van der Waals surface area contributed by atoms with Crippen molar-refractivity contribution in [3.63, 3.8) is 0 Å². The van der Waals surface area contributed by atoms with Gasteiger partial charge in [0.05, 0.1) is 0 Å². The number of amidine groups is 1. The molecule has 18 heavy (non-hydrogen) atoms. The minimum Gasteiger partial charge on any atom is -0.384 e. The molecule has 0 amide bonds. The number of hydrogen-bond donors (Lipinski definition) is 2. The molecule has 0 fully saturated rings. The molecule has 2 rings (SSSR count). The van der Waals surface area contributed by atoms with Crippen molar-refractivity contribution in [1.29, 1.82) is 5.41 Å². The van der Waals surface area contributed by atoms with Crippen molar-refractivity contribution >= 4 is 33.5 Å². The molecule has 92 valence electrons. The number of nitrogen functional groups attached to an aromatic ring is 1. The van der Waals surface area contributed by atoms with Crippen LogP contribution in [0.2, 0.25) is 0 Å². The molecule has 0 unspecified atom stereocenters. The van der Waals surface area contributed by atoms with Crippen LogP contribution in [0.5, 0.6) is 0 Å². The zero-order valence-corrected chi connectivity index (χ0v) is 12.1. The molecule has 0 spiro atoms. The van der Waals surface area contributed by atoms with Gasteiger partial charge in [-0.05, 0) is 23.8 Å². The molecule has 0 bridgehead atoms. The molecule has 0 radical (unpaired) electrons. The van der Waals surface area contributed by atoms with Crippen LogP contribution in [0.4, 0.5) is 0 Å². The molecular weight excluding hydrogens is 308 g/mol. The summed E-state index contributed by atoms with van der Waals surface area (Å²) in [6.07, 6.45) is 0. The lowest BCUT2D eigenvalue weighted by Gasteiger charge is -2.08. The summed E-state index contributed by atoms with van der Waals surface area (Å²) >= 11 is 5.14. The van der Waals surface area contributed by atoms with E-state index < -0.39 is 0 Å².